The second-order valence-corrected chi connectivity index (χ2v) is 3.60. The molecule has 0 atom stereocenters. The van der Waals surface area contributed by atoms with Crippen molar-refractivity contribution in [1.82, 2.24) is 0 Å². The number of halogens is 1. The molecule has 1 aliphatic heterocycles. The fourth-order valence-electron chi connectivity index (χ4n) is 1.38. The summed E-state index contributed by atoms with van der Waals surface area (Å²) in [4.78, 5) is 0. The molecule has 1 aliphatic rings. The normalized spacial score (nSPS) is 17.4. The maximum Gasteiger partial charge on any atom is 0.250 e. The van der Waals surface area contributed by atoms with Gasteiger partial charge < -0.3 is 9.47 Å². The summed E-state index contributed by atoms with van der Waals surface area (Å²) in [7, 11) is 0. The molecule has 13 heavy (non-hydrogen) atoms. The van der Waals surface area contributed by atoms with Crippen LogP contribution in [0.15, 0.2) is 24.3 Å². The molecule has 0 N–H and O–H groups in total. The maximum absolute atomic E-state index is 5.65. The van der Waals surface area contributed by atoms with Gasteiger partial charge in [0.15, 0.2) is 11.5 Å². The molecule has 1 aromatic carbocycles. The Hall–Kier alpha value is -0.890. The topological polar surface area (TPSA) is 18.5 Å². The molecule has 0 radical (unpaired) electrons. The molecule has 0 saturated carbocycles. The summed E-state index contributed by atoms with van der Waals surface area (Å²) in [6.45, 7) is 1.90. The van der Waals surface area contributed by atoms with E-state index in [1.54, 1.807) is 0 Å². The number of rotatable bonds is 2. The van der Waals surface area contributed by atoms with Gasteiger partial charge in [-0.15, -0.1) is 11.6 Å². The summed E-state index contributed by atoms with van der Waals surface area (Å²) >= 11 is 5.65. The lowest BCUT2D eigenvalue weighted by Crippen LogP contribution is -2.34. The van der Waals surface area contributed by atoms with Gasteiger partial charge >= 0.3 is 0 Å². The Morgan fingerprint density at radius 2 is 1.77 bits per heavy atom. The zero-order valence-electron chi connectivity index (χ0n) is 7.42. The molecule has 0 fully saturated rings. The number of hydrogen-bond acceptors (Lipinski definition) is 2. The van der Waals surface area contributed by atoms with Crippen molar-refractivity contribution < 1.29 is 9.47 Å². The molecule has 0 bridgehead atoms. The van der Waals surface area contributed by atoms with Crippen LogP contribution in [0, 0.1) is 0 Å². The molecule has 0 amide bonds. The average Bonchev–Trinajstić information content (AvgIpc) is 2.40. The van der Waals surface area contributed by atoms with Crippen molar-refractivity contribution in [3.63, 3.8) is 0 Å². The first-order valence-electron chi connectivity index (χ1n) is 4.26. The molecule has 0 spiro atoms. The van der Waals surface area contributed by atoms with Crippen LogP contribution in [0.1, 0.15) is 13.3 Å². The molecule has 70 valence electrons. The minimum Gasteiger partial charge on any atom is -0.449 e. The highest BCUT2D eigenvalue weighted by molar-refractivity contribution is 6.17. The Morgan fingerprint density at radius 1 is 1.23 bits per heavy atom. The van der Waals surface area contributed by atoms with E-state index < -0.39 is 5.79 Å². The van der Waals surface area contributed by atoms with Crippen LogP contribution in [0.2, 0.25) is 0 Å². The summed E-state index contributed by atoms with van der Waals surface area (Å²) in [6, 6.07) is 7.65. The van der Waals surface area contributed by atoms with E-state index in [1.807, 2.05) is 31.2 Å². The molecule has 0 aromatic heterocycles. The van der Waals surface area contributed by atoms with Crippen LogP contribution in [0.25, 0.3) is 0 Å². The van der Waals surface area contributed by atoms with Gasteiger partial charge in [-0.2, -0.15) is 0 Å². The van der Waals surface area contributed by atoms with E-state index in [4.69, 9.17) is 21.1 Å². The number of benzene rings is 1. The lowest BCUT2D eigenvalue weighted by atomic mass is 10.2. The number of fused-ring (bicyclic) bond motifs is 1. The molecule has 2 rings (SSSR count). The van der Waals surface area contributed by atoms with Crippen LogP contribution in [-0.2, 0) is 0 Å². The summed E-state index contributed by atoms with van der Waals surface area (Å²) in [6.07, 6.45) is 0.684. The first kappa shape index (κ1) is 8.70. The summed E-state index contributed by atoms with van der Waals surface area (Å²) in [5.41, 5.74) is 0. The van der Waals surface area contributed by atoms with E-state index in [0.29, 0.717) is 12.3 Å². The summed E-state index contributed by atoms with van der Waals surface area (Å²) in [5.74, 6) is 1.56. The standard InChI is InChI=1S/C10H11ClO2/c1-10(6-7-11)12-8-4-2-3-5-9(8)13-10/h2-5H,6-7H2,1H3. The van der Waals surface area contributed by atoms with Crippen LogP contribution < -0.4 is 9.47 Å². The Bertz CT molecular complexity index is 287. The highest BCUT2D eigenvalue weighted by Gasteiger charge is 2.35. The average molecular weight is 199 g/mol. The first-order valence-corrected chi connectivity index (χ1v) is 4.80. The van der Waals surface area contributed by atoms with Crippen molar-refractivity contribution in [1.29, 1.82) is 0 Å². The van der Waals surface area contributed by atoms with Crippen LogP contribution in [0.5, 0.6) is 11.5 Å². The molecule has 2 nitrogen and oxygen atoms in total. The van der Waals surface area contributed by atoms with E-state index >= 15 is 0 Å². The first-order chi connectivity index (χ1) is 6.23. The van der Waals surface area contributed by atoms with Gasteiger partial charge in [-0.25, -0.2) is 0 Å². The summed E-state index contributed by atoms with van der Waals surface area (Å²) in [5, 5.41) is 0. The van der Waals surface area contributed by atoms with Gasteiger partial charge in [0.2, 0.25) is 5.79 Å². The van der Waals surface area contributed by atoms with Crippen LogP contribution in [0.4, 0.5) is 0 Å². The quantitative estimate of drug-likeness (QED) is 0.681. The van der Waals surface area contributed by atoms with Crippen molar-refractivity contribution in [3.8, 4) is 11.5 Å². The minimum absolute atomic E-state index is 0.532. The number of para-hydroxylation sites is 2. The predicted octanol–water partition coefficient (Wildman–Crippen LogP) is 2.80. The van der Waals surface area contributed by atoms with Gasteiger partial charge in [0.1, 0.15) is 0 Å². The van der Waals surface area contributed by atoms with Gasteiger partial charge in [0.05, 0.1) is 0 Å². The third-order valence-corrected chi connectivity index (χ3v) is 2.24. The lowest BCUT2D eigenvalue weighted by Gasteiger charge is -2.21. The monoisotopic (exact) mass is 198 g/mol. The molecular weight excluding hydrogens is 188 g/mol. The third kappa shape index (κ3) is 1.59. The van der Waals surface area contributed by atoms with E-state index in [2.05, 4.69) is 0 Å². The fourth-order valence-corrected chi connectivity index (χ4v) is 1.72. The minimum atomic E-state index is -0.578. The van der Waals surface area contributed by atoms with Crippen molar-refractivity contribution in [2.45, 2.75) is 19.1 Å². The predicted molar refractivity (Wildman–Crippen MR) is 51.4 cm³/mol. The number of ether oxygens (including phenoxy) is 2. The van der Waals surface area contributed by atoms with Gasteiger partial charge in [0.25, 0.3) is 0 Å². The smallest absolute Gasteiger partial charge is 0.250 e. The molecule has 3 heteroatoms. The van der Waals surface area contributed by atoms with E-state index in [9.17, 15) is 0 Å². The van der Waals surface area contributed by atoms with Gasteiger partial charge in [0, 0.05) is 19.2 Å². The van der Waals surface area contributed by atoms with Crippen molar-refractivity contribution in [3.05, 3.63) is 24.3 Å². The third-order valence-electron chi connectivity index (χ3n) is 2.05. The van der Waals surface area contributed by atoms with Crippen molar-refractivity contribution in [2.24, 2.45) is 0 Å². The van der Waals surface area contributed by atoms with E-state index in [-0.39, 0.29) is 0 Å². The highest BCUT2D eigenvalue weighted by Crippen LogP contribution is 2.40. The zero-order valence-corrected chi connectivity index (χ0v) is 8.17. The Balaban J connectivity index is 2.21. The molecule has 1 aromatic rings. The SMILES string of the molecule is CC1(CCCl)Oc2ccccc2O1. The Kier molecular flexibility index (Phi) is 2.08. The number of hydrogen-bond donors (Lipinski definition) is 0. The second kappa shape index (κ2) is 3.11. The Morgan fingerprint density at radius 3 is 2.23 bits per heavy atom. The number of alkyl halides is 1. The molecule has 1 heterocycles. The van der Waals surface area contributed by atoms with Crippen LogP contribution in [-0.4, -0.2) is 11.7 Å². The van der Waals surface area contributed by atoms with Crippen molar-refractivity contribution in [2.75, 3.05) is 5.88 Å². The maximum atomic E-state index is 5.65. The van der Waals surface area contributed by atoms with Gasteiger partial charge in [-0.1, -0.05) is 12.1 Å². The van der Waals surface area contributed by atoms with E-state index in [1.165, 1.54) is 0 Å². The summed E-state index contributed by atoms with van der Waals surface area (Å²) < 4.78 is 11.3. The van der Waals surface area contributed by atoms with Gasteiger partial charge in [-0.05, 0) is 12.1 Å². The van der Waals surface area contributed by atoms with Crippen LogP contribution in [0.3, 0.4) is 0 Å². The molecule has 0 saturated heterocycles. The lowest BCUT2D eigenvalue weighted by molar-refractivity contribution is -0.0632. The molecule has 0 unspecified atom stereocenters. The van der Waals surface area contributed by atoms with Crippen molar-refractivity contribution >= 4 is 11.6 Å². The highest BCUT2D eigenvalue weighted by atomic mass is 35.5. The Labute approximate surface area is 82.4 Å². The van der Waals surface area contributed by atoms with Gasteiger partial charge in [-0.3, -0.25) is 0 Å². The fraction of sp³-hybridized carbons (Fsp3) is 0.400. The second-order valence-electron chi connectivity index (χ2n) is 3.22. The van der Waals surface area contributed by atoms with E-state index in [0.717, 1.165) is 11.5 Å². The zero-order chi connectivity index (χ0) is 9.31. The molecular formula is C10H11ClO2. The van der Waals surface area contributed by atoms with Crippen LogP contribution >= 0.6 is 11.6 Å². The largest absolute Gasteiger partial charge is 0.449 e. The molecule has 0 aliphatic carbocycles.